The fourth-order valence-electron chi connectivity index (χ4n) is 7.44. The van der Waals surface area contributed by atoms with Crippen LogP contribution in [-0.4, -0.2) is 37.2 Å². The van der Waals surface area contributed by atoms with Gasteiger partial charge in [-0.1, -0.05) is 225 Å². The van der Waals surface area contributed by atoms with Crippen LogP contribution in [0.15, 0.2) is 134 Å². The molecule has 0 aliphatic rings. The molecule has 0 fully saturated rings. The van der Waals surface area contributed by atoms with Gasteiger partial charge >= 0.3 is 17.9 Å². The van der Waals surface area contributed by atoms with E-state index in [4.69, 9.17) is 14.2 Å². The van der Waals surface area contributed by atoms with Crippen LogP contribution in [0.25, 0.3) is 0 Å². The van der Waals surface area contributed by atoms with Gasteiger partial charge in [0.05, 0.1) is 0 Å². The molecule has 0 aliphatic carbocycles. The third-order valence-electron chi connectivity index (χ3n) is 11.6. The van der Waals surface area contributed by atoms with E-state index in [2.05, 4.69) is 154 Å². The molecule has 0 heterocycles. The molecule has 0 N–H and O–H groups in total. The first kappa shape index (κ1) is 66.6. The highest BCUT2D eigenvalue weighted by molar-refractivity contribution is 5.71. The van der Waals surface area contributed by atoms with Gasteiger partial charge in [-0.25, -0.2) is 0 Å². The van der Waals surface area contributed by atoms with E-state index in [0.717, 1.165) is 128 Å². The van der Waals surface area contributed by atoms with Crippen molar-refractivity contribution in [1.29, 1.82) is 0 Å². The summed E-state index contributed by atoms with van der Waals surface area (Å²) in [6.45, 7) is 6.23. The van der Waals surface area contributed by atoms with Crippen molar-refractivity contribution >= 4 is 17.9 Å². The Balaban J connectivity index is 4.38. The molecular formula is C65H104O6. The van der Waals surface area contributed by atoms with Crippen molar-refractivity contribution in [2.24, 2.45) is 0 Å². The van der Waals surface area contributed by atoms with Gasteiger partial charge in [0, 0.05) is 19.3 Å². The summed E-state index contributed by atoms with van der Waals surface area (Å²) in [5, 5.41) is 0. The fourth-order valence-corrected chi connectivity index (χ4v) is 7.44. The van der Waals surface area contributed by atoms with Crippen molar-refractivity contribution in [3.05, 3.63) is 134 Å². The summed E-state index contributed by atoms with van der Waals surface area (Å²) in [7, 11) is 0. The summed E-state index contributed by atoms with van der Waals surface area (Å²) < 4.78 is 16.8. The van der Waals surface area contributed by atoms with Crippen LogP contribution in [0.3, 0.4) is 0 Å². The zero-order valence-corrected chi connectivity index (χ0v) is 45.7. The van der Waals surface area contributed by atoms with E-state index in [1.807, 2.05) is 0 Å². The molecule has 0 aromatic heterocycles. The molecule has 0 bridgehead atoms. The van der Waals surface area contributed by atoms with E-state index in [1.54, 1.807) is 0 Å². The highest BCUT2D eigenvalue weighted by Crippen LogP contribution is 2.14. The Morgan fingerprint density at radius 3 is 0.831 bits per heavy atom. The second-order valence-corrected chi connectivity index (χ2v) is 18.4. The predicted octanol–water partition coefficient (Wildman–Crippen LogP) is 19.4. The summed E-state index contributed by atoms with van der Waals surface area (Å²) in [5.41, 5.74) is 0. The predicted molar refractivity (Wildman–Crippen MR) is 306 cm³/mol. The number of carbonyl (C=O) groups excluding carboxylic acids is 3. The Kier molecular flexibility index (Phi) is 54.5. The van der Waals surface area contributed by atoms with Gasteiger partial charge in [-0.3, -0.25) is 14.4 Å². The topological polar surface area (TPSA) is 78.9 Å². The van der Waals surface area contributed by atoms with Gasteiger partial charge in [0.1, 0.15) is 13.2 Å². The van der Waals surface area contributed by atoms with Gasteiger partial charge in [-0.15, -0.1) is 0 Å². The third-order valence-corrected chi connectivity index (χ3v) is 11.6. The number of hydrogen-bond donors (Lipinski definition) is 0. The maximum Gasteiger partial charge on any atom is 0.306 e. The Labute approximate surface area is 436 Å². The van der Waals surface area contributed by atoms with Gasteiger partial charge in [-0.05, 0) is 128 Å². The first-order valence-electron chi connectivity index (χ1n) is 28.7. The van der Waals surface area contributed by atoms with E-state index in [-0.39, 0.29) is 37.5 Å². The highest BCUT2D eigenvalue weighted by Gasteiger charge is 2.19. The Bertz CT molecular complexity index is 1550. The summed E-state index contributed by atoms with van der Waals surface area (Å²) in [6, 6.07) is 0. The fraction of sp³-hybridized carbons (Fsp3) is 0.615. The Morgan fingerprint density at radius 2 is 0.507 bits per heavy atom. The number of allylic oxidation sites excluding steroid dienone is 22. The maximum atomic E-state index is 12.8. The number of esters is 3. The van der Waals surface area contributed by atoms with Crippen LogP contribution >= 0.6 is 0 Å². The summed E-state index contributed by atoms with van der Waals surface area (Å²) in [4.78, 5) is 38.1. The largest absolute Gasteiger partial charge is 0.462 e. The first-order chi connectivity index (χ1) is 35.0. The highest BCUT2D eigenvalue weighted by atomic mass is 16.6. The molecule has 6 nitrogen and oxygen atoms in total. The van der Waals surface area contributed by atoms with Gasteiger partial charge in [0.25, 0.3) is 0 Å². The quantitative estimate of drug-likeness (QED) is 0.0262. The second kappa shape index (κ2) is 58.1. The van der Waals surface area contributed by atoms with Crippen LogP contribution in [-0.2, 0) is 28.6 Å². The lowest BCUT2D eigenvalue weighted by Crippen LogP contribution is -2.30. The minimum Gasteiger partial charge on any atom is -0.462 e. The van der Waals surface area contributed by atoms with Gasteiger partial charge in [0.2, 0.25) is 0 Å². The van der Waals surface area contributed by atoms with Crippen molar-refractivity contribution in [2.45, 2.75) is 245 Å². The van der Waals surface area contributed by atoms with Crippen LogP contribution in [0, 0.1) is 0 Å². The molecule has 0 radical (unpaired) electrons. The van der Waals surface area contributed by atoms with Crippen LogP contribution in [0.2, 0.25) is 0 Å². The molecule has 0 saturated heterocycles. The van der Waals surface area contributed by atoms with Crippen molar-refractivity contribution in [1.82, 2.24) is 0 Å². The molecule has 6 heteroatoms. The zero-order valence-electron chi connectivity index (χ0n) is 45.7. The van der Waals surface area contributed by atoms with Crippen molar-refractivity contribution in [3.63, 3.8) is 0 Å². The molecule has 0 aromatic carbocycles. The van der Waals surface area contributed by atoms with Gasteiger partial charge in [-0.2, -0.15) is 0 Å². The van der Waals surface area contributed by atoms with E-state index < -0.39 is 6.10 Å². The van der Waals surface area contributed by atoms with Crippen LogP contribution in [0.1, 0.15) is 239 Å². The molecule has 0 aromatic rings. The molecule has 1 atom stereocenters. The molecule has 0 aliphatic heterocycles. The summed E-state index contributed by atoms with van der Waals surface area (Å²) >= 11 is 0. The van der Waals surface area contributed by atoms with Crippen LogP contribution < -0.4 is 0 Å². The monoisotopic (exact) mass is 981 g/mol. The minimum absolute atomic E-state index is 0.109. The van der Waals surface area contributed by atoms with E-state index >= 15 is 0 Å². The number of rotatable bonds is 50. The van der Waals surface area contributed by atoms with E-state index in [1.165, 1.54) is 64.2 Å². The SMILES string of the molecule is CC/C=C\C/C=C\C/C=C\C/C=C\CCCCCCCCCCCCCCC(=O)OCC(COC(=O)CCCCC/C=C\C/C=C\C/C=C\CC)OC(=O)CCCC/C=C\C/C=C\C/C=C\C/C=C\CC. The standard InChI is InChI=1S/C65H104O6/c1-4-7-10-13-16-19-22-25-27-28-29-30-31-32-33-34-35-36-38-40-43-46-49-52-55-58-64(67)70-61-62(60-69-63(66)57-54-51-48-45-42-39-24-21-18-15-12-9-6-3)71-65(68)59-56-53-50-47-44-41-37-26-23-20-17-14-11-8-5-2/h7-12,16-21,25-27,29-30,37,39,42,44,47,62H,4-6,13-15,22-24,28,31-36,38,40-41,43,45-46,48-61H2,1-3H3/b10-7-,11-8-,12-9-,19-16-,20-17-,21-18-,27-25-,30-29-,37-26-,42-39-,47-44-. The summed E-state index contributed by atoms with van der Waals surface area (Å²) in [5.74, 6) is -0.988. The van der Waals surface area contributed by atoms with Crippen molar-refractivity contribution in [3.8, 4) is 0 Å². The maximum absolute atomic E-state index is 12.8. The second-order valence-electron chi connectivity index (χ2n) is 18.4. The van der Waals surface area contributed by atoms with Gasteiger partial charge < -0.3 is 14.2 Å². The zero-order chi connectivity index (χ0) is 51.4. The molecular weight excluding hydrogens is 877 g/mol. The minimum atomic E-state index is -0.817. The number of ether oxygens (including phenoxy) is 3. The van der Waals surface area contributed by atoms with E-state index in [0.29, 0.717) is 19.3 Å². The Hall–Kier alpha value is -4.45. The number of unbranched alkanes of at least 4 members (excludes halogenated alkanes) is 17. The molecule has 0 spiro atoms. The number of hydrogen-bond acceptors (Lipinski definition) is 6. The van der Waals surface area contributed by atoms with Crippen molar-refractivity contribution < 1.29 is 28.6 Å². The molecule has 0 amide bonds. The third kappa shape index (κ3) is 56.3. The molecule has 400 valence electrons. The molecule has 1 unspecified atom stereocenters. The average Bonchev–Trinajstić information content (AvgIpc) is 3.37. The van der Waals surface area contributed by atoms with E-state index in [9.17, 15) is 14.4 Å². The smallest absolute Gasteiger partial charge is 0.306 e. The Morgan fingerprint density at radius 1 is 0.282 bits per heavy atom. The van der Waals surface area contributed by atoms with Gasteiger partial charge in [0.15, 0.2) is 6.10 Å². The van der Waals surface area contributed by atoms with Crippen LogP contribution in [0.4, 0.5) is 0 Å². The summed E-state index contributed by atoms with van der Waals surface area (Å²) in [6.07, 6.45) is 81.7. The number of carbonyl (C=O) groups is 3. The lowest BCUT2D eigenvalue weighted by molar-refractivity contribution is -0.167. The lowest BCUT2D eigenvalue weighted by Gasteiger charge is -2.18. The molecule has 0 saturated carbocycles. The average molecular weight is 982 g/mol. The van der Waals surface area contributed by atoms with Crippen LogP contribution in [0.5, 0.6) is 0 Å². The molecule has 0 rings (SSSR count). The normalized spacial score (nSPS) is 13.1. The lowest BCUT2D eigenvalue weighted by atomic mass is 10.0. The first-order valence-corrected chi connectivity index (χ1v) is 28.7. The molecule has 71 heavy (non-hydrogen) atoms. The van der Waals surface area contributed by atoms with Crippen molar-refractivity contribution in [2.75, 3.05) is 13.2 Å².